The van der Waals surface area contributed by atoms with E-state index in [1.807, 2.05) is 13.0 Å². The Bertz CT molecular complexity index is 1530. The van der Waals surface area contributed by atoms with Crippen molar-refractivity contribution in [3.63, 3.8) is 0 Å². The molecule has 16 heteroatoms. The molecule has 0 spiro atoms. The van der Waals surface area contributed by atoms with E-state index in [1.54, 1.807) is 13.0 Å². The molecule has 3 heterocycles. The van der Waals surface area contributed by atoms with Gasteiger partial charge in [0.2, 0.25) is 10.0 Å². The maximum absolute atomic E-state index is 13.1. The number of carbonyl (C=O) groups excluding carboxylic acids is 2. The summed E-state index contributed by atoms with van der Waals surface area (Å²) in [5, 5.41) is 17.5. The molecule has 2 atom stereocenters. The van der Waals surface area contributed by atoms with Crippen molar-refractivity contribution in [2.75, 3.05) is 29.6 Å². The van der Waals surface area contributed by atoms with Crippen LogP contribution in [0.4, 0.5) is 10.8 Å². The first-order chi connectivity index (χ1) is 18.3. The number of sulfonamides is 1. The maximum Gasteiger partial charge on any atom is 0.352 e. The number of rotatable bonds is 9. The van der Waals surface area contributed by atoms with Crippen molar-refractivity contribution < 1.29 is 32.7 Å². The summed E-state index contributed by atoms with van der Waals surface area (Å²) in [6.07, 6.45) is 1.25. The summed E-state index contributed by atoms with van der Waals surface area (Å²) >= 11 is 2.43. The van der Waals surface area contributed by atoms with E-state index in [9.17, 15) is 27.9 Å². The Morgan fingerprint density at radius 1 is 1.31 bits per heavy atom. The van der Waals surface area contributed by atoms with Gasteiger partial charge in [0.05, 0.1) is 11.9 Å². The number of thiazole rings is 1. The summed E-state index contributed by atoms with van der Waals surface area (Å²) < 4.78 is 26.0. The first kappa shape index (κ1) is 28.4. The second-order valence-corrected chi connectivity index (χ2v) is 12.7. The highest BCUT2D eigenvalue weighted by Crippen LogP contribution is 2.41. The quantitative estimate of drug-likeness (QED) is 0.185. The number of amides is 2. The van der Waals surface area contributed by atoms with E-state index < -0.39 is 39.2 Å². The molecule has 2 aliphatic heterocycles. The molecule has 1 saturated heterocycles. The fraction of sp³-hybridized carbons (Fsp3) is 0.348. The molecule has 2 aromatic rings. The van der Waals surface area contributed by atoms with Gasteiger partial charge >= 0.3 is 5.97 Å². The number of hydrogen-bond donors (Lipinski definition) is 4. The lowest BCUT2D eigenvalue weighted by molar-refractivity contribution is -0.150. The van der Waals surface area contributed by atoms with E-state index in [0.717, 1.165) is 34.3 Å². The third-order valence-corrected chi connectivity index (χ3v) is 8.68. The van der Waals surface area contributed by atoms with Gasteiger partial charge in [-0.25, -0.2) is 18.2 Å². The van der Waals surface area contributed by atoms with Gasteiger partial charge in [0.1, 0.15) is 29.9 Å². The van der Waals surface area contributed by atoms with Crippen LogP contribution in [0.15, 0.2) is 33.9 Å². The predicted molar refractivity (Wildman–Crippen MR) is 148 cm³/mol. The molecule has 1 aromatic carbocycles. The first-order valence-corrected chi connectivity index (χ1v) is 15.2. The average Bonchev–Trinajstić information content (AvgIpc) is 3.28. The maximum atomic E-state index is 13.1. The number of β-lactam (4-membered cyclic amide) rings is 1. The molecule has 208 valence electrons. The summed E-state index contributed by atoms with van der Waals surface area (Å²) in [6.45, 7) is 3.62. The van der Waals surface area contributed by atoms with Crippen LogP contribution in [0.2, 0.25) is 0 Å². The molecule has 0 unspecified atom stereocenters. The molecule has 0 bridgehead atoms. The van der Waals surface area contributed by atoms with Gasteiger partial charge in [-0.1, -0.05) is 11.2 Å². The Morgan fingerprint density at radius 3 is 2.62 bits per heavy atom. The molecular formula is C23H26N6O7S3. The molecule has 13 nitrogen and oxygen atoms in total. The normalized spacial score (nSPS) is 19.3. The molecular weight excluding hydrogens is 568 g/mol. The number of aryl methyl sites for hydroxylation is 2. The van der Waals surface area contributed by atoms with E-state index in [0.29, 0.717) is 11.3 Å². The van der Waals surface area contributed by atoms with E-state index in [2.05, 4.69) is 20.2 Å². The van der Waals surface area contributed by atoms with Crippen LogP contribution in [0.5, 0.6) is 0 Å². The Morgan fingerprint density at radius 2 is 2.03 bits per heavy atom. The van der Waals surface area contributed by atoms with Crippen LogP contribution in [0.3, 0.4) is 0 Å². The Kier molecular flexibility index (Phi) is 7.90. The lowest BCUT2D eigenvalue weighted by Gasteiger charge is -2.49. The number of oxime groups is 1. The highest BCUT2D eigenvalue weighted by atomic mass is 32.2. The van der Waals surface area contributed by atoms with Gasteiger partial charge in [0.25, 0.3) is 11.8 Å². The summed E-state index contributed by atoms with van der Waals surface area (Å²) in [5.41, 5.74) is 8.71. The van der Waals surface area contributed by atoms with E-state index in [4.69, 9.17) is 10.6 Å². The van der Waals surface area contributed by atoms with Gasteiger partial charge in [-0.3, -0.25) is 19.2 Å². The minimum absolute atomic E-state index is 0.148. The lowest BCUT2D eigenvalue weighted by atomic mass is 9.95. The van der Waals surface area contributed by atoms with Crippen LogP contribution in [0, 0.1) is 13.8 Å². The molecule has 1 fully saturated rings. The summed E-state index contributed by atoms with van der Waals surface area (Å²) in [7, 11) is -2.26. The van der Waals surface area contributed by atoms with Gasteiger partial charge in [-0.2, -0.15) is 0 Å². The van der Waals surface area contributed by atoms with Gasteiger partial charge in [-0.05, 0) is 48.6 Å². The Hall–Kier alpha value is -3.63. The molecule has 0 aliphatic carbocycles. The molecule has 1 aromatic heterocycles. The third kappa shape index (κ3) is 5.86. The Balaban J connectivity index is 1.58. The number of carboxylic acids is 1. The summed E-state index contributed by atoms with van der Waals surface area (Å²) in [6, 6.07) is 2.51. The van der Waals surface area contributed by atoms with Crippen molar-refractivity contribution in [2.45, 2.75) is 31.7 Å². The van der Waals surface area contributed by atoms with Crippen LogP contribution in [-0.2, 0) is 35.7 Å². The van der Waals surface area contributed by atoms with Crippen LogP contribution in [0.25, 0.3) is 0 Å². The van der Waals surface area contributed by atoms with Crippen LogP contribution >= 0.6 is 23.1 Å². The van der Waals surface area contributed by atoms with Crippen LogP contribution < -0.4 is 15.8 Å². The predicted octanol–water partition coefficient (Wildman–Crippen LogP) is 1.05. The molecule has 0 saturated carbocycles. The highest BCUT2D eigenvalue weighted by molar-refractivity contribution is 8.00. The number of fused-ring (bicyclic) bond motifs is 1. The smallest absolute Gasteiger partial charge is 0.352 e. The minimum Gasteiger partial charge on any atom is -0.477 e. The zero-order chi connectivity index (χ0) is 28.6. The van der Waals surface area contributed by atoms with Crippen molar-refractivity contribution in [1.29, 1.82) is 0 Å². The number of aliphatic carboxylic acids is 1. The van der Waals surface area contributed by atoms with E-state index in [1.165, 1.54) is 29.2 Å². The third-order valence-electron chi connectivity index (χ3n) is 6.08. The zero-order valence-corrected chi connectivity index (χ0v) is 23.8. The van der Waals surface area contributed by atoms with Gasteiger partial charge in [-0.15, -0.1) is 23.1 Å². The number of carbonyl (C=O) groups is 3. The standard InChI is InChI=1S/C23H26N6O7S3/c1-10-5-11(2)14(28-39(4,34)35)7-12(10)6-13-8-37-21-17(20(31)29(21)18(13)22(32)33)26-19(30)16(27-36-3)15-9-38-23(24)25-15/h5,7,9,17,21,28H,6,8H2,1-4H3,(H2,24,25)(H,26,30)(H,32,33)/t17-,21-/m1/s1. The van der Waals surface area contributed by atoms with E-state index in [-0.39, 0.29) is 34.4 Å². The molecule has 5 N–H and O–H groups in total. The fourth-order valence-electron chi connectivity index (χ4n) is 4.35. The second kappa shape index (κ2) is 10.9. The van der Waals surface area contributed by atoms with Crippen LogP contribution in [-0.4, -0.2) is 77.4 Å². The summed E-state index contributed by atoms with van der Waals surface area (Å²) in [5.74, 6) is -2.28. The second-order valence-electron chi connectivity index (χ2n) is 8.96. The van der Waals surface area contributed by atoms with Gasteiger partial charge in [0, 0.05) is 11.1 Å². The zero-order valence-electron chi connectivity index (χ0n) is 21.3. The first-order valence-electron chi connectivity index (χ1n) is 11.4. The highest BCUT2D eigenvalue weighted by Gasteiger charge is 2.54. The van der Waals surface area contributed by atoms with Crippen LogP contribution in [0.1, 0.15) is 22.4 Å². The largest absolute Gasteiger partial charge is 0.477 e. The van der Waals surface area contributed by atoms with E-state index >= 15 is 0 Å². The SMILES string of the molecule is CON=C(C(=O)N[C@@H]1C(=O)N2C(C(=O)O)=C(Cc3cc(NS(C)(=O)=O)c(C)cc3C)CS[C@H]12)c1csc(N)n1. The molecule has 0 radical (unpaired) electrons. The van der Waals surface area contributed by atoms with Crippen molar-refractivity contribution in [2.24, 2.45) is 5.16 Å². The number of thioether (sulfide) groups is 1. The number of aromatic nitrogens is 1. The number of nitrogens with one attached hydrogen (secondary N) is 2. The minimum atomic E-state index is -3.52. The average molecular weight is 595 g/mol. The fourth-order valence-corrected chi connectivity index (χ4v) is 6.86. The molecule has 39 heavy (non-hydrogen) atoms. The number of carboxylic acid groups (broad SMARTS) is 1. The number of anilines is 2. The number of nitrogens with zero attached hydrogens (tertiary/aromatic N) is 3. The van der Waals surface area contributed by atoms with Crippen molar-refractivity contribution in [1.82, 2.24) is 15.2 Å². The van der Waals surface area contributed by atoms with Gasteiger partial charge < -0.3 is 21.0 Å². The number of nitrogens with two attached hydrogens (primary N) is 1. The lowest BCUT2D eigenvalue weighted by Crippen LogP contribution is -2.71. The molecule has 2 amide bonds. The molecule has 2 aliphatic rings. The summed E-state index contributed by atoms with van der Waals surface area (Å²) in [4.78, 5) is 48.3. The number of benzene rings is 1. The van der Waals surface area contributed by atoms with Crippen molar-refractivity contribution >= 4 is 67.4 Å². The number of nitrogen functional groups attached to an aromatic ring is 1. The molecule has 4 rings (SSSR count). The van der Waals surface area contributed by atoms with Crippen molar-refractivity contribution in [3.8, 4) is 0 Å². The number of hydrogen-bond acceptors (Lipinski definition) is 11. The van der Waals surface area contributed by atoms with Crippen molar-refractivity contribution in [3.05, 3.63) is 51.2 Å². The monoisotopic (exact) mass is 594 g/mol. The van der Waals surface area contributed by atoms with Gasteiger partial charge in [0.15, 0.2) is 10.8 Å². The Labute approximate surface area is 232 Å². The topological polar surface area (TPSA) is 193 Å².